The van der Waals surface area contributed by atoms with Gasteiger partial charge in [0.1, 0.15) is 5.75 Å². The molecule has 0 spiro atoms. The van der Waals surface area contributed by atoms with Crippen LogP contribution < -0.4 is 4.74 Å². The van der Waals surface area contributed by atoms with Crippen LogP contribution >= 0.6 is 11.6 Å². The minimum atomic E-state index is -0.0598. The van der Waals surface area contributed by atoms with Gasteiger partial charge in [-0.2, -0.15) is 0 Å². The first-order valence-electron chi connectivity index (χ1n) is 6.89. The Kier molecular flexibility index (Phi) is 4.69. The molecule has 2 rings (SSSR count). The number of carbonyl (C=O) groups is 1. The number of para-hydroxylation sites is 1. The van der Waals surface area contributed by atoms with Crippen molar-refractivity contribution in [2.75, 3.05) is 6.61 Å². The van der Waals surface area contributed by atoms with Gasteiger partial charge in [-0.25, -0.2) is 0 Å². The molecular formula is C18H19ClO2. The molecule has 0 atom stereocenters. The van der Waals surface area contributed by atoms with Crippen LogP contribution in [0.15, 0.2) is 48.5 Å². The van der Waals surface area contributed by atoms with Gasteiger partial charge in [-0.1, -0.05) is 50.6 Å². The van der Waals surface area contributed by atoms with E-state index >= 15 is 0 Å². The van der Waals surface area contributed by atoms with Crippen LogP contribution in [0.4, 0.5) is 0 Å². The van der Waals surface area contributed by atoms with Crippen LogP contribution in [0, 0.1) is 0 Å². The predicted octanol–water partition coefficient (Wildman–Crippen LogP) is 4.90. The van der Waals surface area contributed by atoms with Crippen molar-refractivity contribution in [3.05, 3.63) is 64.7 Å². The van der Waals surface area contributed by atoms with Crippen molar-refractivity contribution in [2.45, 2.75) is 26.2 Å². The number of Topliss-reactive ketones (excluding diaryl/α,β-unsaturated/α-hetero) is 1. The monoisotopic (exact) mass is 302 g/mol. The zero-order chi connectivity index (χ0) is 15.5. The summed E-state index contributed by atoms with van der Waals surface area (Å²) in [5.41, 5.74) is 1.67. The van der Waals surface area contributed by atoms with E-state index in [0.717, 1.165) is 11.3 Å². The van der Waals surface area contributed by atoms with Gasteiger partial charge in [0.25, 0.3) is 0 Å². The summed E-state index contributed by atoms with van der Waals surface area (Å²) in [6.45, 7) is 6.39. The summed E-state index contributed by atoms with van der Waals surface area (Å²) in [7, 11) is 0. The SMILES string of the molecule is CC(C)(C)c1ccccc1OCC(=O)c1ccc(Cl)cc1. The van der Waals surface area contributed by atoms with E-state index in [1.165, 1.54) is 0 Å². The molecule has 0 fully saturated rings. The van der Waals surface area contributed by atoms with Gasteiger partial charge in [-0.15, -0.1) is 0 Å². The Bertz CT molecular complexity index is 624. The minimum absolute atomic E-state index is 0.0225. The highest BCUT2D eigenvalue weighted by atomic mass is 35.5. The standard InChI is InChI=1S/C18H19ClO2/c1-18(2,3)15-6-4-5-7-17(15)21-12-16(20)13-8-10-14(19)11-9-13/h4-11H,12H2,1-3H3. The van der Waals surface area contributed by atoms with Gasteiger partial charge < -0.3 is 4.74 Å². The molecule has 2 aromatic carbocycles. The predicted molar refractivity (Wildman–Crippen MR) is 86.4 cm³/mol. The molecular weight excluding hydrogens is 284 g/mol. The number of hydrogen-bond donors (Lipinski definition) is 0. The van der Waals surface area contributed by atoms with Crippen LogP contribution in [-0.4, -0.2) is 12.4 Å². The first-order valence-corrected chi connectivity index (χ1v) is 7.27. The van der Waals surface area contributed by atoms with E-state index in [0.29, 0.717) is 10.6 Å². The van der Waals surface area contributed by atoms with E-state index < -0.39 is 0 Å². The molecule has 110 valence electrons. The normalized spacial score (nSPS) is 11.2. The smallest absolute Gasteiger partial charge is 0.200 e. The van der Waals surface area contributed by atoms with Gasteiger partial charge in [0.15, 0.2) is 12.4 Å². The van der Waals surface area contributed by atoms with Crippen LogP contribution in [0.2, 0.25) is 5.02 Å². The van der Waals surface area contributed by atoms with Crippen molar-refractivity contribution in [3.63, 3.8) is 0 Å². The molecule has 21 heavy (non-hydrogen) atoms. The van der Waals surface area contributed by atoms with Crippen LogP contribution in [0.1, 0.15) is 36.7 Å². The molecule has 0 aliphatic carbocycles. The molecule has 0 bridgehead atoms. The summed E-state index contributed by atoms with van der Waals surface area (Å²) in [4.78, 5) is 12.1. The van der Waals surface area contributed by atoms with Crippen molar-refractivity contribution < 1.29 is 9.53 Å². The molecule has 0 aliphatic rings. The zero-order valence-corrected chi connectivity index (χ0v) is 13.3. The largest absolute Gasteiger partial charge is 0.485 e. The number of halogens is 1. The molecule has 2 nitrogen and oxygen atoms in total. The molecule has 0 saturated heterocycles. The Morgan fingerprint density at radius 1 is 1.05 bits per heavy atom. The van der Waals surface area contributed by atoms with E-state index in [2.05, 4.69) is 20.8 Å². The maximum atomic E-state index is 12.1. The van der Waals surface area contributed by atoms with Crippen molar-refractivity contribution >= 4 is 17.4 Å². The van der Waals surface area contributed by atoms with Gasteiger partial charge in [-0.05, 0) is 41.3 Å². The first kappa shape index (κ1) is 15.6. The average molecular weight is 303 g/mol. The Hall–Kier alpha value is -1.80. The lowest BCUT2D eigenvalue weighted by molar-refractivity contribution is 0.0920. The fourth-order valence-electron chi connectivity index (χ4n) is 2.07. The maximum Gasteiger partial charge on any atom is 0.200 e. The fourth-order valence-corrected chi connectivity index (χ4v) is 2.20. The summed E-state index contributed by atoms with van der Waals surface area (Å²) in [6.07, 6.45) is 0. The lowest BCUT2D eigenvalue weighted by Gasteiger charge is -2.22. The number of carbonyl (C=O) groups excluding carboxylic acids is 1. The van der Waals surface area contributed by atoms with Crippen molar-refractivity contribution in [3.8, 4) is 5.75 Å². The Morgan fingerprint density at radius 3 is 2.29 bits per heavy atom. The Labute approximate surface area is 130 Å². The average Bonchev–Trinajstić information content (AvgIpc) is 2.45. The Balaban J connectivity index is 2.10. The molecule has 2 aromatic rings. The molecule has 0 unspecified atom stereocenters. The summed E-state index contributed by atoms with van der Waals surface area (Å²) in [5.74, 6) is 0.697. The number of hydrogen-bond acceptors (Lipinski definition) is 2. The lowest BCUT2D eigenvalue weighted by Crippen LogP contribution is -2.16. The highest BCUT2D eigenvalue weighted by Gasteiger charge is 2.19. The van der Waals surface area contributed by atoms with E-state index in [1.54, 1.807) is 24.3 Å². The first-order chi connectivity index (χ1) is 9.88. The summed E-state index contributed by atoms with van der Waals surface area (Å²) in [5, 5.41) is 0.616. The summed E-state index contributed by atoms with van der Waals surface area (Å²) in [6, 6.07) is 14.7. The molecule has 0 aromatic heterocycles. The number of benzene rings is 2. The molecule has 0 saturated carbocycles. The summed E-state index contributed by atoms with van der Waals surface area (Å²) >= 11 is 5.82. The highest BCUT2D eigenvalue weighted by Crippen LogP contribution is 2.30. The minimum Gasteiger partial charge on any atom is -0.485 e. The molecule has 3 heteroatoms. The highest BCUT2D eigenvalue weighted by molar-refractivity contribution is 6.30. The third kappa shape index (κ3) is 4.08. The van der Waals surface area contributed by atoms with Crippen molar-refractivity contribution in [1.29, 1.82) is 0 Å². The van der Waals surface area contributed by atoms with Gasteiger partial charge in [-0.3, -0.25) is 4.79 Å². The third-order valence-corrected chi connectivity index (χ3v) is 3.47. The number of ketones is 1. The second-order valence-electron chi connectivity index (χ2n) is 5.96. The molecule has 0 heterocycles. The van der Waals surface area contributed by atoms with E-state index in [1.807, 2.05) is 24.3 Å². The van der Waals surface area contributed by atoms with Crippen LogP contribution in [-0.2, 0) is 5.41 Å². The number of ether oxygens (including phenoxy) is 1. The quantitative estimate of drug-likeness (QED) is 0.751. The molecule has 0 amide bonds. The number of rotatable bonds is 4. The Morgan fingerprint density at radius 2 is 1.67 bits per heavy atom. The van der Waals surface area contributed by atoms with E-state index in [-0.39, 0.29) is 17.8 Å². The van der Waals surface area contributed by atoms with Crippen LogP contribution in [0.25, 0.3) is 0 Å². The van der Waals surface area contributed by atoms with E-state index in [9.17, 15) is 4.79 Å². The second kappa shape index (κ2) is 6.31. The van der Waals surface area contributed by atoms with Crippen LogP contribution in [0.5, 0.6) is 5.75 Å². The van der Waals surface area contributed by atoms with Crippen molar-refractivity contribution in [1.82, 2.24) is 0 Å². The third-order valence-electron chi connectivity index (χ3n) is 3.22. The van der Waals surface area contributed by atoms with Gasteiger partial charge in [0.2, 0.25) is 0 Å². The van der Waals surface area contributed by atoms with Crippen LogP contribution in [0.3, 0.4) is 0 Å². The molecule has 0 N–H and O–H groups in total. The van der Waals surface area contributed by atoms with Gasteiger partial charge in [0, 0.05) is 10.6 Å². The van der Waals surface area contributed by atoms with E-state index in [4.69, 9.17) is 16.3 Å². The molecule has 0 aliphatic heterocycles. The van der Waals surface area contributed by atoms with Gasteiger partial charge >= 0.3 is 0 Å². The molecule has 0 radical (unpaired) electrons. The zero-order valence-electron chi connectivity index (χ0n) is 12.5. The lowest BCUT2D eigenvalue weighted by atomic mass is 9.86. The summed E-state index contributed by atoms with van der Waals surface area (Å²) < 4.78 is 5.73. The van der Waals surface area contributed by atoms with Gasteiger partial charge in [0.05, 0.1) is 0 Å². The maximum absolute atomic E-state index is 12.1. The second-order valence-corrected chi connectivity index (χ2v) is 6.40. The topological polar surface area (TPSA) is 26.3 Å². The fraction of sp³-hybridized carbons (Fsp3) is 0.278. The van der Waals surface area contributed by atoms with Crippen molar-refractivity contribution in [2.24, 2.45) is 0 Å².